The Morgan fingerprint density at radius 2 is 2.21 bits per heavy atom. The lowest BCUT2D eigenvalue weighted by Crippen LogP contribution is -2.20. The van der Waals surface area contributed by atoms with Gasteiger partial charge in [-0.15, -0.1) is 0 Å². The Morgan fingerprint density at radius 1 is 1.57 bits per heavy atom. The zero-order valence-corrected chi connectivity index (χ0v) is 9.97. The molecule has 0 spiro atoms. The van der Waals surface area contributed by atoms with Gasteiger partial charge in [0.2, 0.25) is 0 Å². The monoisotopic (exact) mass is 255 g/mol. The molecule has 0 saturated heterocycles. The molecule has 2 N–H and O–H groups in total. The average molecular weight is 256 g/mol. The Morgan fingerprint density at radius 3 is 2.71 bits per heavy atom. The molecule has 1 unspecified atom stereocenters. The number of nitrogens with two attached hydrogens (primary N) is 1. The van der Waals surface area contributed by atoms with Gasteiger partial charge >= 0.3 is 0 Å². The highest BCUT2D eigenvalue weighted by Crippen LogP contribution is 2.22. The molecular formula is C11H14BrNO. The molecular weight excluding hydrogens is 242 g/mol. The summed E-state index contributed by atoms with van der Waals surface area (Å²) in [5, 5.41) is 0. The number of hydrogen-bond donors (Lipinski definition) is 1. The summed E-state index contributed by atoms with van der Waals surface area (Å²) in [6, 6.07) is 5.39. The maximum absolute atomic E-state index is 11.2. The van der Waals surface area contributed by atoms with E-state index in [-0.39, 0.29) is 5.78 Å². The minimum atomic E-state index is -0.498. The summed E-state index contributed by atoms with van der Waals surface area (Å²) in [4.78, 5) is 11.2. The number of hydrogen-bond acceptors (Lipinski definition) is 2. The van der Waals surface area contributed by atoms with E-state index in [9.17, 15) is 4.79 Å². The second kappa shape index (κ2) is 4.71. The van der Waals surface area contributed by atoms with E-state index in [1.165, 1.54) is 6.92 Å². The van der Waals surface area contributed by atoms with Gasteiger partial charge in [0.15, 0.2) is 5.78 Å². The number of carbonyl (C=O) groups is 1. The predicted molar refractivity (Wildman–Crippen MR) is 61.1 cm³/mol. The van der Waals surface area contributed by atoms with E-state index in [4.69, 9.17) is 5.73 Å². The predicted octanol–water partition coefficient (Wildman–Crippen LogP) is 2.60. The van der Waals surface area contributed by atoms with Crippen molar-refractivity contribution in [2.75, 3.05) is 0 Å². The van der Waals surface area contributed by atoms with Crippen LogP contribution in [0, 0.1) is 0 Å². The molecule has 14 heavy (non-hydrogen) atoms. The van der Waals surface area contributed by atoms with Crippen LogP contribution in [0.15, 0.2) is 22.7 Å². The van der Waals surface area contributed by atoms with Crippen molar-refractivity contribution in [3.05, 3.63) is 33.8 Å². The largest absolute Gasteiger partial charge is 0.318 e. The molecule has 1 rings (SSSR count). The summed E-state index contributed by atoms with van der Waals surface area (Å²) in [6.07, 6.45) is 0.892. The number of benzene rings is 1. The lowest BCUT2D eigenvalue weighted by atomic mass is 9.97. The standard InChI is InChI=1S/C11H14BrNO/c1-3-8-4-5-9(12)6-10(8)11(13)7(2)14/h4-6,11H,3,13H2,1-2H3. The van der Waals surface area contributed by atoms with Crippen molar-refractivity contribution in [2.45, 2.75) is 26.3 Å². The molecule has 0 fully saturated rings. The third kappa shape index (κ3) is 2.42. The van der Waals surface area contributed by atoms with Crippen LogP contribution in [0.25, 0.3) is 0 Å². The Kier molecular flexibility index (Phi) is 3.84. The fourth-order valence-electron chi connectivity index (χ4n) is 1.40. The lowest BCUT2D eigenvalue weighted by molar-refractivity contribution is -0.118. The Labute approximate surface area is 92.6 Å². The third-order valence-electron chi connectivity index (χ3n) is 2.26. The number of Topliss-reactive ketones (excluding diaryl/α,β-unsaturated/α-hetero) is 1. The van der Waals surface area contributed by atoms with E-state index in [0.29, 0.717) is 0 Å². The lowest BCUT2D eigenvalue weighted by Gasteiger charge is -2.13. The van der Waals surface area contributed by atoms with Gasteiger partial charge < -0.3 is 5.73 Å². The second-order valence-corrected chi connectivity index (χ2v) is 4.20. The molecule has 1 atom stereocenters. The Hall–Kier alpha value is -0.670. The van der Waals surface area contributed by atoms with Gasteiger partial charge in [-0.05, 0) is 36.6 Å². The zero-order valence-electron chi connectivity index (χ0n) is 8.38. The highest BCUT2D eigenvalue weighted by molar-refractivity contribution is 9.10. The van der Waals surface area contributed by atoms with E-state index in [0.717, 1.165) is 22.0 Å². The fraction of sp³-hybridized carbons (Fsp3) is 0.364. The smallest absolute Gasteiger partial charge is 0.150 e. The van der Waals surface area contributed by atoms with Crippen molar-refractivity contribution >= 4 is 21.7 Å². The minimum absolute atomic E-state index is 0.00204. The summed E-state index contributed by atoms with van der Waals surface area (Å²) >= 11 is 3.38. The van der Waals surface area contributed by atoms with Gasteiger partial charge in [-0.1, -0.05) is 28.9 Å². The molecule has 1 aromatic rings. The van der Waals surface area contributed by atoms with Crippen LogP contribution in [-0.2, 0) is 11.2 Å². The molecule has 0 bridgehead atoms. The third-order valence-corrected chi connectivity index (χ3v) is 2.76. The van der Waals surface area contributed by atoms with Crippen molar-refractivity contribution in [2.24, 2.45) is 5.73 Å². The molecule has 0 aromatic heterocycles. The van der Waals surface area contributed by atoms with Crippen LogP contribution in [0.3, 0.4) is 0 Å². The minimum Gasteiger partial charge on any atom is -0.318 e. The van der Waals surface area contributed by atoms with E-state index in [1.54, 1.807) is 0 Å². The summed E-state index contributed by atoms with van der Waals surface area (Å²) in [5.41, 5.74) is 7.87. The summed E-state index contributed by atoms with van der Waals surface area (Å²) < 4.78 is 0.960. The molecule has 0 amide bonds. The van der Waals surface area contributed by atoms with Gasteiger partial charge in [-0.25, -0.2) is 0 Å². The summed E-state index contributed by atoms with van der Waals surface area (Å²) in [6.45, 7) is 3.57. The van der Waals surface area contributed by atoms with E-state index in [1.807, 2.05) is 18.2 Å². The van der Waals surface area contributed by atoms with Crippen LogP contribution >= 0.6 is 15.9 Å². The molecule has 0 saturated carbocycles. The van der Waals surface area contributed by atoms with Gasteiger partial charge in [0.05, 0.1) is 6.04 Å². The van der Waals surface area contributed by atoms with Crippen molar-refractivity contribution in [1.29, 1.82) is 0 Å². The first kappa shape index (κ1) is 11.4. The molecule has 0 radical (unpaired) electrons. The number of halogens is 1. The van der Waals surface area contributed by atoms with Gasteiger partial charge in [-0.3, -0.25) is 4.79 Å². The zero-order chi connectivity index (χ0) is 10.7. The first-order valence-corrected chi connectivity index (χ1v) is 5.40. The van der Waals surface area contributed by atoms with Crippen LogP contribution < -0.4 is 5.73 Å². The second-order valence-electron chi connectivity index (χ2n) is 3.29. The van der Waals surface area contributed by atoms with Gasteiger partial charge in [0, 0.05) is 4.47 Å². The molecule has 0 heterocycles. The summed E-state index contributed by atoms with van der Waals surface area (Å²) in [5.74, 6) is -0.00204. The van der Waals surface area contributed by atoms with Crippen LogP contribution in [0.4, 0.5) is 0 Å². The highest BCUT2D eigenvalue weighted by Gasteiger charge is 2.14. The molecule has 0 aliphatic carbocycles. The van der Waals surface area contributed by atoms with E-state index < -0.39 is 6.04 Å². The number of ketones is 1. The Bertz CT molecular complexity index is 349. The van der Waals surface area contributed by atoms with Crippen molar-refractivity contribution in [3.63, 3.8) is 0 Å². The number of carbonyl (C=O) groups excluding carboxylic acids is 1. The first-order chi connectivity index (χ1) is 6.56. The first-order valence-electron chi connectivity index (χ1n) is 4.60. The van der Waals surface area contributed by atoms with Crippen LogP contribution in [0.5, 0.6) is 0 Å². The van der Waals surface area contributed by atoms with Crippen molar-refractivity contribution in [3.8, 4) is 0 Å². The van der Waals surface area contributed by atoms with Crippen molar-refractivity contribution in [1.82, 2.24) is 0 Å². The molecule has 2 nitrogen and oxygen atoms in total. The molecule has 76 valence electrons. The van der Waals surface area contributed by atoms with Gasteiger partial charge in [0.25, 0.3) is 0 Å². The van der Waals surface area contributed by atoms with Crippen LogP contribution in [-0.4, -0.2) is 5.78 Å². The average Bonchev–Trinajstić information content (AvgIpc) is 2.16. The topological polar surface area (TPSA) is 43.1 Å². The number of aryl methyl sites for hydroxylation is 1. The van der Waals surface area contributed by atoms with E-state index >= 15 is 0 Å². The maximum atomic E-state index is 11.2. The summed E-state index contributed by atoms with van der Waals surface area (Å²) in [7, 11) is 0. The molecule has 0 aliphatic heterocycles. The van der Waals surface area contributed by atoms with Gasteiger partial charge in [-0.2, -0.15) is 0 Å². The fourth-order valence-corrected chi connectivity index (χ4v) is 1.78. The van der Waals surface area contributed by atoms with E-state index in [2.05, 4.69) is 22.9 Å². The normalized spacial score (nSPS) is 12.6. The Balaban J connectivity index is 3.16. The molecule has 1 aromatic carbocycles. The highest BCUT2D eigenvalue weighted by atomic mass is 79.9. The van der Waals surface area contributed by atoms with Crippen LogP contribution in [0.2, 0.25) is 0 Å². The molecule has 0 aliphatic rings. The van der Waals surface area contributed by atoms with Crippen LogP contribution in [0.1, 0.15) is 31.0 Å². The number of rotatable bonds is 3. The quantitative estimate of drug-likeness (QED) is 0.903. The van der Waals surface area contributed by atoms with Gasteiger partial charge in [0.1, 0.15) is 0 Å². The van der Waals surface area contributed by atoms with Crippen molar-refractivity contribution < 1.29 is 4.79 Å². The molecule has 3 heteroatoms. The maximum Gasteiger partial charge on any atom is 0.150 e. The SMILES string of the molecule is CCc1ccc(Br)cc1C(N)C(C)=O.